The zero-order valence-electron chi connectivity index (χ0n) is 11.3. The number of hydrogen-bond donors (Lipinski definition) is 1. The molecule has 106 valence electrons. The lowest BCUT2D eigenvalue weighted by atomic mass is 10.1. The topological polar surface area (TPSA) is 50.7 Å². The molecule has 0 atom stereocenters. The first-order chi connectivity index (χ1) is 10.2. The van der Waals surface area contributed by atoms with Crippen LogP contribution in [0.15, 0.2) is 59.4 Å². The molecule has 0 saturated heterocycles. The van der Waals surface area contributed by atoms with Gasteiger partial charge in [0.15, 0.2) is 0 Å². The minimum absolute atomic E-state index is 0.259. The highest BCUT2D eigenvalue weighted by Crippen LogP contribution is 2.09. The number of nitrogens with one attached hydrogen (secondary N) is 1. The third-order valence-electron chi connectivity index (χ3n) is 3.27. The van der Waals surface area contributed by atoms with Gasteiger partial charge in [-0.1, -0.05) is 42.5 Å². The summed E-state index contributed by atoms with van der Waals surface area (Å²) >= 11 is 0. The Kier molecular flexibility index (Phi) is 3.64. The molecule has 3 rings (SSSR count). The van der Waals surface area contributed by atoms with Gasteiger partial charge in [0.2, 0.25) is 0 Å². The number of aromatic nitrogens is 3. The van der Waals surface area contributed by atoms with Crippen molar-refractivity contribution in [3.05, 3.63) is 87.9 Å². The SMILES string of the molecule is O=c1[nH]nc(Cc2cccc(F)c2)n1Cc1ccccc1. The minimum atomic E-state index is -0.292. The lowest BCUT2D eigenvalue weighted by Crippen LogP contribution is -2.19. The summed E-state index contributed by atoms with van der Waals surface area (Å²) in [6.45, 7) is 0.445. The van der Waals surface area contributed by atoms with E-state index in [1.54, 1.807) is 10.6 Å². The molecule has 0 amide bonds. The lowest BCUT2D eigenvalue weighted by Gasteiger charge is -2.06. The van der Waals surface area contributed by atoms with Gasteiger partial charge in [0.1, 0.15) is 11.6 Å². The van der Waals surface area contributed by atoms with Gasteiger partial charge in [-0.3, -0.25) is 4.57 Å². The van der Waals surface area contributed by atoms with E-state index >= 15 is 0 Å². The summed E-state index contributed by atoms with van der Waals surface area (Å²) in [6.07, 6.45) is 0.406. The molecule has 0 fully saturated rings. The second kappa shape index (κ2) is 5.75. The summed E-state index contributed by atoms with van der Waals surface area (Å²) < 4.78 is 14.8. The van der Waals surface area contributed by atoms with Crippen LogP contribution >= 0.6 is 0 Å². The molecule has 4 nitrogen and oxygen atoms in total. The van der Waals surface area contributed by atoms with Crippen LogP contribution in [0.3, 0.4) is 0 Å². The third-order valence-corrected chi connectivity index (χ3v) is 3.27. The maximum atomic E-state index is 13.2. The van der Waals surface area contributed by atoms with E-state index in [1.165, 1.54) is 12.1 Å². The van der Waals surface area contributed by atoms with Gasteiger partial charge in [-0.05, 0) is 23.3 Å². The van der Waals surface area contributed by atoms with Crippen LogP contribution in [0, 0.1) is 5.82 Å². The second-order valence-electron chi connectivity index (χ2n) is 4.82. The lowest BCUT2D eigenvalue weighted by molar-refractivity contribution is 0.625. The zero-order valence-corrected chi connectivity index (χ0v) is 11.3. The molecule has 0 radical (unpaired) electrons. The summed E-state index contributed by atoms with van der Waals surface area (Å²) in [5.74, 6) is 0.300. The summed E-state index contributed by atoms with van der Waals surface area (Å²) in [4.78, 5) is 11.9. The molecule has 0 aliphatic heterocycles. The van der Waals surface area contributed by atoms with E-state index in [4.69, 9.17) is 0 Å². The van der Waals surface area contributed by atoms with Crippen molar-refractivity contribution in [3.63, 3.8) is 0 Å². The van der Waals surface area contributed by atoms with E-state index in [0.717, 1.165) is 11.1 Å². The molecule has 2 aromatic carbocycles. The molecule has 1 heterocycles. The smallest absolute Gasteiger partial charge is 0.274 e. The number of aromatic amines is 1. The van der Waals surface area contributed by atoms with Gasteiger partial charge in [-0.2, -0.15) is 5.10 Å². The quantitative estimate of drug-likeness (QED) is 0.799. The number of halogens is 1. The van der Waals surface area contributed by atoms with Crippen LogP contribution in [0.5, 0.6) is 0 Å². The number of nitrogens with zero attached hydrogens (tertiary/aromatic N) is 2. The van der Waals surface area contributed by atoms with Crippen molar-refractivity contribution in [2.24, 2.45) is 0 Å². The van der Waals surface area contributed by atoms with Gasteiger partial charge in [-0.15, -0.1) is 0 Å². The predicted molar refractivity (Wildman–Crippen MR) is 77.6 cm³/mol. The fourth-order valence-electron chi connectivity index (χ4n) is 2.24. The molecule has 0 spiro atoms. The highest BCUT2D eigenvalue weighted by molar-refractivity contribution is 5.21. The first-order valence-electron chi connectivity index (χ1n) is 6.65. The van der Waals surface area contributed by atoms with Crippen molar-refractivity contribution in [1.29, 1.82) is 0 Å². The predicted octanol–water partition coefficient (Wildman–Crippen LogP) is 2.35. The largest absolute Gasteiger partial charge is 0.343 e. The fraction of sp³-hybridized carbons (Fsp3) is 0.125. The van der Waals surface area contributed by atoms with Crippen LogP contribution in [0.1, 0.15) is 17.0 Å². The van der Waals surface area contributed by atoms with E-state index in [2.05, 4.69) is 10.2 Å². The Bertz CT molecular complexity index is 793. The van der Waals surface area contributed by atoms with Gasteiger partial charge < -0.3 is 0 Å². The Hall–Kier alpha value is -2.69. The van der Waals surface area contributed by atoms with Gasteiger partial charge in [0, 0.05) is 6.42 Å². The van der Waals surface area contributed by atoms with Gasteiger partial charge in [-0.25, -0.2) is 14.3 Å². The number of hydrogen-bond acceptors (Lipinski definition) is 2. The third kappa shape index (κ3) is 3.08. The molecule has 5 heteroatoms. The normalized spacial score (nSPS) is 10.7. The Morgan fingerprint density at radius 1 is 1.05 bits per heavy atom. The second-order valence-corrected chi connectivity index (χ2v) is 4.82. The maximum absolute atomic E-state index is 13.2. The zero-order chi connectivity index (χ0) is 14.7. The number of rotatable bonds is 4. The van der Waals surface area contributed by atoms with Gasteiger partial charge in [0.25, 0.3) is 0 Å². The molecule has 1 N–H and O–H groups in total. The van der Waals surface area contributed by atoms with Crippen LogP contribution in [0.4, 0.5) is 4.39 Å². The molecular formula is C16H14FN3O. The van der Waals surface area contributed by atoms with Gasteiger partial charge >= 0.3 is 5.69 Å². The van der Waals surface area contributed by atoms with E-state index in [1.807, 2.05) is 36.4 Å². The van der Waals surface area contributed by atoms with E-state index in [9.17, 15) is 9.18 Å². The Morgan fingerprint density at radius 2 is 1.81 bits per heavy atom. The van der Waals surface area contributed by atoms with Crippen LogP contribution in [-0.4, -0.2) is 14.8 Å². The average molecular weight is 283 g/mol. The Labute approximate surface area is 120 Å². The standard InChI is InChI=1S/C16H14FN3O/c17-14-8-4-7-13(9-14)10-15-18-19-16(21)20(15)11-12-5-2-1-3-6-12/h1-9H,10-11H2,(H,19,21). The minimum Gasteiger partial charge on any atom is -0.274 e. The molecule has 0 saturated carbocycles. The molecular weight excluding hydrogens is 269 g/mol. The van der Waals surface area contributed by atoms with Crippen LogP contribution in [-0.2, 0) is 13.0 Å². The molecule has 0 aliphatic rings. The van der Waals surface area contributed by atoms with Crippen molar-refractivity contribution < 1.29 is 4.39 Å². The first-order valence-corrected chi connectivity index (χ1v) is 6.65. The number of benzene rings is 2. The Balaban J connectivity index is 1.89. The summed E-state index contributed by atoms with van der Waals surface area (Å²) in [6, 6.07) is 16.0. The van der Waals surface area contributed by atoms with Crippen molar-refractivity contribution in [2.75, 3.05) is 0 Å². The van der Waals surface area contributed by atoms with Crippen molar-refractivity contribution in [1.82, 2.24) is 14.8 Å². The number of H-pyrrole nitrogens is 1. The summed E-state index contributed by atoms with van der Waals surface area (Å²) in [5.41, 5.74) is 1.54. The fourth-order valence-corrected chi connectivity index (χ4v) is 2.24. The molecule has 0 aliphatic carbocycles. The molecule has 0 bridgehead atoms. The molecule has 21 heavy (non-hydrogen) atoms. The average Bonchev–Trinajstić information content (AvgIpc) is 2.81. The van der Waals surface area contributed by atoms with E-state index in [-0.39, 0.29) is 11.5 Å². The van der Waals surface area contributed by atoms with Crippen molar-refractivity contribution >= 4 is 0 Å². The van der Waals surface area contributed by atoms with Crippen LogP contribution < -0.4 is 5.69 Å². The molecule has 0 unspecified atom stereocenters. The van der Waals surface area contributed by atoms with Gasteiger partial charge in [0.05, 0.1) is 6.54 Å². The van der Waals surface area contributed by atoms with Crippen LogP contribution in [0.25, 0.3) is 0 Å². The van der Waals surface area contributed by atoms with E-state index < -0.39 is 0 Å². The highest BCUT2D eigenvalue weighted by Gasteiger charge is 2.10. The highest BCUT2D eigenvalue weighted by atomic mass is 19.1. The van der Waals surface area contributed by atoms with Crippen molar-refractivity contribution in [2.45, 2.75) is 13.0 Å². The summed E-state index contributed by atoms with van der Waals surface area (Å²) in [5, 5.41) is 6.50. The molecule has 1 aromatic heterocycles. The van der Waals surface area contributed by atoms with E-state index in [0.29, 0.717) is 18.8 Å². The van der Waals surface area contributed by atoms with Crippen molar-refractivity contribution in [3.8, 4) is 0 Å². The summed E-state index contributed by atoms with van der Waals surface area (Å²) in [7, 11) is 0. The first kappa shape index (κ1) is 13.3. The Morgan fingerprint density at radius 3 is 2.57 bits per heavy atom. The monoisotopic (exact) mass is 283 g/mol. The molecule has 3 aromatic rings. The van der Waals surface area contributed by atoms with Crippen LogP contribution in [0.2, 0.25) is 0 Å². The maximum Gasteiger partial charge on any atom is 0.343 e.